The number of carbonyl (C=O) groups excluding carboxylic acids is 1. The van der Waals surface area contributed by atoms with Crippen molar-refractivity contribution >= 4 is 33.2 Å². The molecule has 0 aliphatic carbocycles. The lowest BCUT2D eigenvalue weighted by atomic mass is 10.3. The van der Waals surface area contributed by atoms with Crippen LogP contribution in [0.1, 0.15) is 5.82 Å². The van der Waals surface area contributed by atoms with Gasteiger partial charge in [0.15, 0.2) is 12.4 Å². The maximum Gasteiger partial charge on any atom is 0.344 e. The molecule has 128 valence electrons. The predicted molar refractivity (Wildman–Crippen MR) is 88.6 cm³/mol. The number of hydrogen-bond donors (Lipinski definition) is 1. The van der Waals surface area contributed by atoms with Crippen LogP contribution >= 0.6 is 11.3 Å². The fourth-order valence-corrected chi connectivity index (χ4v) is 2.77. The second-order valence-corrected chi connectivity index (χ2v) is 5.74. The number of thiophene rings is 1. The molecule has 0 unspecified atom stereocenters. The van der Waals surface area contributed by atoms with Crippen molar-refractivity contribution < 1.29 is 19.2 Å². The number of fused-ring (bicyclic) bond motifs is 1. The van der Waals surface area contributed by atoms with Gasteiger partial charge in [-0.15, -0.1) is 11.3 Å². The van der Waals surface area contributed by atoms with Crippen molar-refractivity contribution in [3.05, 3.63) is 62.0 Å². The molecule has 2 heterocycles. The number of benzene rings is 1. The van der Waals surface area contributed by atoms with E-state index in [4.69, 9.17) is 9.47 Å². The molecule has 1 N–H and O–H groups in total. The summed E-state index contributed by atoms with van der Waals surface area (Å²) in [5.41, 5.74) is -0.0256. The minimum atomic E-state index is -0.744. The van der Waals surface area contributed by atoms with Gasteiger partial charge in [0.05, 0.1) is 10.4 Å². The highest BCUT2D eigenvalue weighted by Gasteiger charge is 2.15. The number of aromatic nitrogens is 2. The molecule has 2 aromatic heterocycles. The molecule has 3 aromatic rings. The van der Waals surface area contributed by atoms with Gasteiger partial charge >= 0.3 is 11.7 Å². The number of nitro groups is 1. The minimum absolute atomic E-state index is 0.0318. The van der Waals surface area contributed by atoms with Crippen molar-refractivity contribution in [3.63, 3.8) is 0 Å². The third-order valence-electron chi connectivity index (χ3n) is 3.14. The molecule has 1 aromatic carbocycles. The number of esters is 1. The fourth-order valence-electron chi connectivity index (χ4n) is 2.05. The van der Waals surface area contributed by atoms with Crippen LogP contribution < -0.4 is 10.3 Å². The van der Waals surface area contributed by atoms with Crippen LogP contribution in [0, 0.1) is 10.1 Å². The van der Waals surface area contributed by atoms with Gasteiger partial charge in [0, 0.05) is 6.07 Å². The number of hydrogen-bond acceptors (Lipinski definition) is 8. The highest BCUT2D eigenvalue weighted by Crippen LogP contribution is 2.25. The van der Waals surface area contributed by atoms with Gasteiger partial charge < -0.3 is 14.5 Å². The zero-order chi connectivity index (χ0) is 17.8. The maximum atomic E-state index is 11.8. The Morgan fingerprint density at radius 2 is 2.12 bits per heavy atom. The summed E-state index contributed by atoms with van der Waals surface area (Å²) >= 11 is 1.27. The highest BCUT2D eigenvalue weighted by molar-refractivity contribution is 7.17. The van der Waals surface area contributed by atoms with Gasteiger partial charge in [-0.05, 0) is 17.5 Å². The van der Waals surface area contributed by atoms with Gasteiger partial charge in [-0.25, -0.2) is 9.78 Å². The van der Waals surface area contributed by atoms with E-state index >= 15 is 0 Å². The van der Waals surface area contributed by atoms with Crippen LogP contribution in [-0.2, 0) is 16.1 Å². The molecule has 0 spiro atoms. The number of ether oxygens (including phenoxy) is 2. The van der Waals surface area contributed by atoms with Gasteiger partial charge in [0.2, 0.25) is 0 Å². The Bertz CT molecular complexity index is 996. The minimum Gasteiger partial charge on any atom is -0.475 e. The average Bonchev–Trinajstić information content (AvgIpc) is 3.07. The lowest BCUT2D eigenvalue weighted by molar-refractivity contribution is -0.385. The first kappa shape index (κ1) is 16.6. The SMILES string of the molecule is O=C(COc1ccccc1[N+](=O)[O-])OCc1nc2ccsc2c(=O)[nH]1. The molecule has 25 heavy (non-hydrogen) atoms. The Kier molecular flexibility index (Phi) is 4.70. The normalized spacial score (nSPS) is 10.6. The zero-order valence-electron chi connectivity index (χ0n) is 12.6. The van der Waals surface area contributed by atoms with Crippen molar-refractivity contribution in [2.24, 2.45) is 0 Å². The number of H-pyrrole nitrogens is 1. The summed E-state index contributed by atoms with van der Waals surface area (Å²) in [6.45, 7) is -0.740. The largest absolute Gasteiger partial charge is 0.475 e. The van der Waals surface area contributed by atoms with Crippen molar-refractivity contribution in [2.75, 3.05) is 6.61 Å². The van der Waals surface area contributed by atoms with Gasteiger partial charge in [-0.1, -0.05) is 12.1 Å². The maximum absolute atomic E-state index is 11.8. The van der Waals surface area contributed by atoms with Crippen LogP contribution in [0.2, 0.25) is 0 Å². The molecule has 0 atom stereocenters. The molecule has 0 bridgehead atoms. The van der Waals surface area contributed by atoms with E-state index in [-0.39, 0.29) is 29.4 Å². The first-order valence-corrected chi connectivity index (χ1v) is 7.91. The van der Waals surface area contributed by atoms with Crippen LogP contribution in [0.15, 0.2) is 40.5 Å². The number of nitrogens with zero attached hydrogens (tertiary/aromatic N) is 2. The Balaban J connectivity index is 1.59. The molecule has 10 heteroatoms. The topological polar surface area (TPSA) is 124 Å². The predicted octanol–water partition coefficient (Wildman–Crippen LogP) is 2.02. The van der Waals surface area contributed by atoms with Crippen LogP contribution in [0.4, 0.5) is 5.69 Å². The number of aromatic amines is 1. The van der Waals surface area contributed by atoms with Crippen LogP contribution in [-0.4, -0.2) is 27.5 Å². The summed E-state index contributed by atoms with van der Waals surface area (Å²) in [5.74, 6) is -0.572. The van der Waals surface area contributed by atoms with E-state index in [1.165, 1.54) is 29.5 Å². The number of rotatable bonds is 6. The monoisotopic (exact) mass is 361 g/mol. The summed E-state index contributed by atoms with van der Waals surface area (Å²) in [6.07, 6.45) is 0. The molecule has 3 rings (SSSR count). The van der Waals surface area contributed by atoms with Crippen molar-refractivity contribution in [1.29, 1.82) is 0 Å². The Hall–Kier alpha value is -3.27. The van der Waals surface area contributed by atoms with Crippen LogP contribution in [0.3, 0.4) is 0 Å². The third-order valence-corrected chi connectivity index (χ3v) is 4.04. The van der Waals surface area contributed by atoms with E-state index in [2.05, 4.69) is 9.97 Å². The number of nitrogens with one attached hydrogen (secondary N) is 1. The third kappa shape index (κ3) is 3.80. The number of para-hydroxylation sites is 2. The molecule has 0 fully saturated rings. The summed E-state index contributed by atoms with van der Waals surface area (Å²) in [6, 6.07) is 7.39. The second kappa shape index (κ2) is 7.09. The first-order valence-electron chi connectivity index (χ1n) is 7.03. The molecular formula is C15H11N3O6S. The standard InChI is InChI=1S/C15H11N3O6S/c19-13(8-23-11-4-2-1-3-10(11)18(21)22)24-7-12-16-9-5-6-25-14(9)15(20)17-12/h1-6H,7-8H2,(H,16,17,20). The molecule has 0 aliphatic heterocycles. The number of nitro benzene ring substituents is 1. The van der Waals surface area contributed by atoms with Crippen molar-refractivity contribution in [2.45, 2.75) is 6.61 Å². The van der Waals surface area contributed by atoms with Crippen molar-refractivity contribution in [3.8, 4) is 5.75 Å². The molecule has 0 radical (unpaired) electrons. The molecule has 0 amide bonds. The average molecular weight is 361 g/mol. The van der Waals surface area contributed by atoms with Gasteiger partial charge in [0.25, 0.3) is 5.56 Å². The quantitative estimate of drug-likeness (QED) is 0.404. The summed E-state index contributed by atoms with van der Waals surface area (Å²) in [5, 5.41) is 12.6. The lowest BCUT2D eigenvalue weighted by Crippen LogP contribution is -2.17. The smallest absolute Gasteiger partial charge is 0.344 e. The van der Waals surface area contributed by atoms with Gasteiger partial charge in [-0.2, -0.15) is 0 Å². The zero-order valence-corrected chi connectivity index (χ0v) is 13.4. The Morgan fingerprint density at radius 1 is 1.32 bits per heavy atom. The molecular weight excluding hydrogens is 350 g/mol. The van der Waals surface area contributed by atoms with E-state index in [1.54, 1.807) is 17.5 Å². The molecule has 0 saturated carbocycles. The van der Waals surface area contributed by atoms with Crippen LogP contribution in [0.25, 0.3) is 10.2 Å². The van der Waals surface area contributed by atoms with Gasteiger partial charge in [-0.3, -0.25) is 14.9 Å². The first-order chi connectivity index (χ1) is 12.0. The summed E-state index contributed by atoms with van der Waals surface area (Å²) < 4.78 is 10.6. The Morgan fingerprint density at radius 3 is 2.92 bits per heavy atom. The van der Waals surface area contributed by atoms with Crippen LogP contribution in [0.5, 0.6) is 5.75 Å². The van der Waals surface area contributed by atoms with E-state index in [9.17, 15) is 19.7 Å². The van der Waals surface area contributed by atoms with E-state index in [0.29, 0.717) is 10.2 Å². The van der Waals surface area contributed by atoms with Gasteiger partial charge in [0.1, 0.15) is 17.1 Å². The highest BCUT2D eigenvalue weighted by atomic mass is 32.1. The Labute approximate surface area is 144 Å². The van der Waals surface area contributed by atoms with E-state index in [0.717, 1.165) is 0 Å². The summed E-state index contributed by atoms with van der Waals surface area (Å²) in [7, 11) is 0. The van der Waals surface area contributed by atoms with E-state index in [1.807, 2.05) is 0 Å². The molecule has 0 aliphatic rings. The molecule has 9 nitrogen and oxygen atoms in total. The van der Waals surface area contributed by atoms with Crippen molar-refractivity contribution in [1.82, 2.24) is 9.97 Å². The molecule has 0 saturated heterocycles. The second-order valence-electron chi connectivity index (χ2n) is 4.82. The number of carbonyl (C=O) groups is 1. The lowest BCUT2D eigenvalue weighted by Gasteiger charge is -2.07. The van der Waals surface area contributed by atoms with E-state index < -0.39 is 17.5 Å². The fraction of sp³-hybridized carbons (Fsp3) is 0.133. The summed E-state index contributed by atoms with van der Waals surface area (Å²) in [4.78, 5) is 40.5.